The molecular formula is C17H16O4. The number of phenols is 3. The van der Waals surface area contributed by atoms with E-state index in [1.165, 1.54) is 6.07 Å². The van der Waals surface area contributed by atoms with Crippen LogP contribution in [0.5, 0.6) is 17.2 Å². The number of aromatic hydroxyl groups is 3. The van der Waals surface area contributed by atoms with Gasteiger partial charge in [0, 0.05) is 6.07 Å². The second-order valence-electron chi connectivity index (χ2n) is 4.73. The topological polar surface area (TPSA) is 77.8 Å². The van der Waals surface area contributed by atoms with Crippen molar-refractivity contribution in [2.45, 2.75) is 12.8 Å². The van der Waals surface area contributed by atoms with E-state index in [9.17, 15) is 20.1 Å². The molecule has 0 unspecified atom stereocenters. The Labute approximate surface area is 122 Å². The molecule has 0 fully saturated rings. The molecule has 21 heavy (non-hydrogen) atoms. The van der Waals surface area contributed by atoms with Gasteiger partial charge in [0.2, 0.25) is 0 Å². The minimum Gasteiger partial charge on any atom is -0.508 e. The van der Waals surface area contributed by atoms with Crippen molar-refractivity contribution < 1.29 is 20.1 Å². The van der Waals surface area contributed by atoms with Gasteiger partial charge in [-0.05, 0) is 48.2 Å². The van der Waals surface area contributed by atoms with Gasteiger partial charge in [-0.1, -0.05) is 18.7 Å². The molecule has 0 aliphatic heterocycles. The monoisotopic (exact) mass is 284 g/mol. The van der Waals surface area contributed by atoms with E-state index in [0.717, 1.165) is 17.7 Å². The maximum absolute atomic E-state index is 11.8. The van der Waals surface area contributed by atoms with Crippen LogP contribution in [-0.4, -0.2) is 21.1 Å². The first-order chi connectivity index (χ1) is 10.0. The second kappa shape index (κ2) is 6.13. The molecule has 108 valence electrons. The molecule has 2 aromatic rings. The Kier molecular flexibility index (Phi) is 4.28. The van der Waals surface area contributed by atoms with Crippen LogP contribution in [0, 0.1) is 0 Å². The zero-order chi connectivity index (χ0) is 15.4. The van der Waals surface area contributed by atoms with E-state index in [1.807, 2.05) is 0 Å². The molecule has 0 atom stereocenters. The summed E-state index contributed by atoms with van der Waals surface area (Å²) in [7, 11) is 0. The Morgan fingerprint density at radius 3 is 2.29 bits per heavy atom. The number of carbonyl (C=O) groups excluding carboxylic acids is 1. The molecule has 0 saturated carbocycles. The molecule has 0 spiro atoms. The van der Waals surface area contributed by atoms with Crippen LogP contribution in [0.2, 0.25) is 0 Å². The van der Waals surface area contributed by atoms with Crippen LogP contribution in [0.15, 0.2) is 49.1 Å². The highest BCUT2D eigenvalue weighted by Crippen LogP contribution is 2.29. The highest BCUT2D eigenvalue weighted by molar-refractivity contribution is 6.07. The fraction of sp³-hybridized carbons (Fsp3) is 0.118. The van der Waals surface area contributed by atoms with E-state index >= 15 is 0 Å². The third kappa shape index (κ3) is 3.42. The van der Waals surface area contributed by atoms with E-state index in [1.54, 1.807) is 24.3 Å². The van der Waals surface area contributed by atoms with Crippen molar-refractivity contribution in [2.75, 3.05) is 0 Å². The fourth-order valence-corrected chi connectivity index (χ4v) is 2.19. The summed E-state index contributed by atoms with van der Waals surface area (Å²) < 4.78 is 0. The van der Waals surface area contributed by atoms with Gasteiger partial charge in [-0.2, -0.15) is 0 Å². The molecule has 0 bridgehead atoms. The third-order valence-electron chi connectivity index (χ3n) is 3.24. The Balaban J connectivity index is 2.28. The van der Waals surface area contributed by atoms with Crippen molar-refractivity contribution in [2.24, 2.45) is 0 Å². The molecule has 0 aromatic heterocycles. The molecule has 0 heterocycles. The number of phenolic OH excluding ortho intramolecular Hbond substituents is 3. The average Bonchev–Trinajstić information content (AvgIpc) is 2.45. The van der Waals surface area contributed by atoms with Crippen LogP contribution in [-0.2, 0) is 12.8 Å². The Hall–Kier alpha value is -2.75. The van der Waals surface area contributed by atoms with E-state index in [4.69, 9.17) is 0 Å². The van der Waals surface area contributed by atoms with E-state index < -0.39 is 0 Å². The molecule has 0 radical (unpaired) electrons. The molecule has 0 amide bonds. The Morgan fingerprint density at radius 1 is 1.00 bits per heavy atom. The van der Waals surface area contributed by atoms with Crippen molar-refractivity contribution in [1.29, 1.82) is 0 Å². The highest BCUT2D eigenvalue weighted by atomic mass is 16.3. The lowest BCUT2D eigenvalue weighted by Crippen LogP contribution is -2.03. The molecule has 3 N–H and O–H groups in total. The van der Waals surface area contributed by atoms with E-state index in [2.05, 4.69) is 6.58 Å². The van der Waals surface area contributed by atoms with Crippen LogP contribution < -0.4 is 0 Å². The summed E-state index contributed by atoms with van der Waals surface area (Å²) in [5, 5.41) is 28.7. The fourth-order valence-electron chi connectivity index (χ4n) is 2.19. The van der Waals surface area contributed by atoms with Crippen molar-refractivity contribution in [3.8, 4) is 17.2 Å². The summed E-state index contributed by atoms with van der Waals surface area (Å²) in [6.07, 6.45) is 2.22. The number of hydrogen-bond acceptors (Lipinski definition) is 4. The molecule has 0 saturated heterocycles. The minimum atomic E-state index is -0.381. The summed E-state index contributed by atoms with van der Waals surface area (Å²) in [5.41, 5.74) is 1.71. The van der Waals surface area contributed by atoms with Gasteiger partial charge in [0.25, 0.3) is 0 Å². The number of ketones is 1. The summed E-state index contributed by atoms with van der Waals surface area (Å²) in [6.45, 7) is 3.42. The third-order valence-corrected chi connectivity index (χ3v) is 3.24. The largest absolute Gasteiger partial charge is 0.508 e. The lowest BCUT2D eigenvalue weighted by atomic mass is 9.96. The van der Waals surface area contributed by atoms with Crippen LogP contribution in [0.25, 0.3) is 0 Å². The van der Waals surface area contributed by atoms with Gasteiger partial charge >= 0.3 is 0 Å². The van der Waals surface area contributed by atoms with Crippen LogP contribution in [0.1, 0.15) is 21.5 Å². The molecular weight excluding hydrogens is 268 g/mol. The Morgan fingerprint density at radius 2 is 1.67 bits per heavy atom. The Bertz CT molecular complexity index is 672. The van der Waals surface area contributed by atoms with Gasteiger partial charge < -0.3 is 15.3 Å². The zero-order valence-corrected chi connectivity index (χ0v) is 11.4. The van der Waals surface area contributed by atoms with Crippen LogP contribution in [0.3, 0.4) is 0 Å². The summed E-state index contributed by atoms with van der Waals surface area (Å²) in [4.78, 5) is 11.8. The highest BCUT2D eigenvalue weighted by Gasteiger charge is 2.15. The number of allylic oxidation sites excluding steroid dienone is 1. The standard InChI is InChI=1S/C17H16O4/c1-2-15(20)17-12(9-14(19)10-16(17)21)6-3-11-4-7-13(18)8-5-11/h2,4-5,7-10,18-19,21H,1,3,6H2. The second-order valence-corrected chi connectivity index (χ2v) is 4.73. The van der Waals surface area contributed by atoms with Crippen molar-refractivity contribution in [3.63, 3.8) is 0 Å². The zero-order valence-electron chi connectivity index (χ0n) is 11.4. The van der Waals surface area contributed by atoms with Crippen molar-refractivity contribution in [3.05, 3.63) is 65.7 Å². The van der Waals surface area contributed by atoms with Gasteiger partial charge in [-0.15, -0.1) is 0 Å². The first-order valence-electron chi connectivity index (χ1n) is 6.51. The molecule has 2 rings (SSSR count). The average molecular weight is 284 g/mol. The molecule has 4 heteroatoms. The maximum atomic E-state index is 11.8. The van der Waals surface area contributed by atoms with Crippen LogP contribution >= 0.6 is 0 Å². The predicted octanol–water partition coefficient (Wildman–Crippen LogP) is 2.96. The summed E-state index contributed by atoms with van der Waals surface area (Å²) in [6, 6.07) is 9.35. The molecule has 4 nitrogen and oxygen atoms in total. The maximum Gasteiger partial charge on any atom is 0.189 e. The SMILES string of the molecule is C=CC(=O)c1c(O)cc(O)cc1CCc1ccc(O)cc1. The first-order valence-corrected chi connectivity index (χ1v) is 6.51. The van der Waals surface area contributed by atoms with Crippen molar-refractivity contribution in [1.82, 2.24) is 0 Å². The van der Waals surface area contributed by atoms with Crippen LogP contribution in [0.4, 0.5) is 0 Å². The normalized spacial score (nSPS) is 10.3. The number of carbonyl (C=O) groups is 1. The molecule has 2 aromatic carbocycles. The van der Waals surface area contributed by atoms with Gasteiger partial charge in [-0.25, -0.2) is 0 Å². The number of benzene rings is 2. The lowest BCUT2D eigenvalue weighted by molar-refractivity contribution is 0.104. The van der Waals surface area contributed by atoms with Gasteiger partial charge in [0.05, 0.1) is 5.56 Å². The molecule has 0 aliphatic rings. The van der Waals surface area contributed by atoms with Gasteiger partial charge in [0.1, 0.15) is 17.2 Å². The van der Waals surface area contributed by atoms with E-state index in [-0.39, 0.29) is 28.6 Å². The smallest absolute Gasteiger partial charge is 0.189 e. The quantitative estimate of drug-likeness (QED) is 0.582. The number of hydrogen-bond donors (Lipinski definition) is 3. The van der Waals surface area contributed by atoms with Gasteiger partial charge in [-0.3, -0.25) is 4.79 Å². The number of aryl methyl sites for hydroxylation is 2. The lowest BCUT2D eigenvalue weighted by Gasteiger charge is -2.10. The first kappa shape index (κ1) is 14.7. The summed E-state index contributed by atoms with van der Waals surface area (Å²) in [5.74, 6) is -0.529. The predicted molar refractivity (Wildman–Crippen MR) is 79.8 cm³/mol. The van der Waals surface area contributed by atoms with Gasteiger partial charge in [0.15, 0.2) is 5.78 Å². The summed E-state index contributed by atoms with van der Waals surface area (Å²) >= 11 is 0. The van der Waals surface area contributed by atoms with Crippen molar-refractivity contribution >= 4 is 5.78 Å². The van der Waals surface area contributed by atoms with E-state index in [0.29, 0.717) is 18.4 Å². The minimum absolute atomic E-state index is 0.0891. The number of rotatable bonds is 5. The molecule has 0 aliphatic carbocycles.